The van der Waals surface area contributed by atoms with Gasteiger partial charge in [0.25, 0.3) is 0 Å². The Morgan fingerprint density at radius 1 is 1.20 bits per heavy atom. The average Bonchev–Trinajstić information content (AvgIpc) is 2.53. The van der Waals surface area contributed by atoms with Gasteiger partial charge in [0.15, 0.2) is 0 Å². The molecule has 1 aliphatic carbocycles. The zero-order chi connectivity index (χ0) is 13.8. The van der Waals surface area contributed by atoms with Gasteiger partial charge in [-0.05, 0) is 42.9 Å². The number of hydrogen-bond acceptors (Lipinski definition) is 3. The molecule has 0 spiro atoms. The molecule has 2 aliphatic rings. The summed E-state index contributed by atoms with van der Waals surface area (Å²) in [4.78, 5) is 0. The van der Waals surface area contributed by atoms with E-state index in [0.717, 1.165) is 26.0 Å². The van der Waals surface area contributed by atoms with E-state index in [1.165, 1.54) is 30.4 Å². The van der Waals surface area contributed by atoms with Gasteiger partial charge in [-0.25, -0.2) is 0 Å². The summed E-state index contributed by atoms with van der Waals surface area (Å²) < 4.78 is 12.1. The van der Waals surface area contributed by atoms with E-state index in [0.29, 0.717) is 18.6 Å². The zero-order valence-electron chi connectivity index (χ0n) is 12.1. The van der Waals surface area contributed by atoms with Crippen LogP contribution < -0.4 is 5.73 Å². The first-order valence-corrected chi connectivity index (χ1v) is 7.89. The van der Waals surface area contributed by atoms with Crippen LogP contribution in [0.2, 0.25) is 0 Å². The Balaban J connectivity index is 1.61. The van der Waals surface area contributed by atoms with Gasteiger partial charge < -0.3 is 15.2 Å². The number of hydrogen-bond donors (Lipinski definition) is 1. The van der Waals surface area contributed by atoms with Crippen molar-refractivity contribution in [1.29, 1.82) is 0 Å². The molecule has 3 atom stereocenters. The van der Waals surface area contributed by atoms with Crippen LogP contribution in [0.15, 0.2) is 24.3 Å². The summed E-state index contributed by atoms with van der Waals surface area (Å²) in [6.07, 6.45) is 6.36. The molecule has 1 heterocycles. The van der Waals surface area contributed by atoms with E-state index < -0.39 is 0 Å². The van der Waals surface area contributed by atoms with Crippen LogP contribution in [-0.4, -0.2) is 25.9 Å². The monoisotopic (exact) mass is 275 g/mol. The Morgan fingerprint density at radius 3 is 2.95 bits per heavy atom. The Kier molecular flexibility index (Phi) is 4.71. The highest BCUT2D eigenvalue weighted by molar-refractivity contribution is 5.30. The minimum Gasteiger partial charge on any atom is -0.375 e. The van der Waals surface area contributed by atoms with Crippen LogP contribution >= 0.6 is 0 Å². The van der Waals surface area contributed by atoms with Crippen LogP contribution in [0.25, 0.3) is 0 Å². The molecule has 0 saturated heterocycles. The molecular formula is C17H25NO2. The largest absolute Gasteiger partial charge is 0.375 e. The molecule has 0 aromatic heterocycles. The van der Waals surface area contributed by atoms with Gasteiger partial charge in [-0.2, -0.15) is 0 Å². The van der Waals surface area contributed by atoms with Crippen molar-refractivity contribution in [3.63, 3.8) is 0 Å². The van der Waals surface area contributed by atoms with Gasteiger partial charge in [0.1, 0.15) is 6.10 Å². The van der Waals surface area contributed by atoms with Crippen molar-refractivity contribution in [3.05, 3.63) is 35.4 Å². The minimum atomic E-state index is 0.0975. The van der Waals surface area contributed by atoms with E-state index in [-0.39, 0.29) is 6.10 Å². The molecule has 0 bridgehead atoms. The lowest BCUT2D eigenvalue weighted by Crippen LogP contribution is -2.34. The van der Waals surface area contributed by atoms with Crippen LogP contribution in [0, 0.1) is 5.92 Å². The number of ether oxygens (including phenoxy) is 2. The topological polar surface area (TPSA) is 44.5 Å². The second-order valence-corrected chi connectivity index (χ2v) is 5.96. The van der Waals surface area contributed by atoms with E-state index in [1.54, 1.807) is 0 Å². The van der Waals surface area contributed by atoms with E-state index in [9.17, 15) is 0 Å². The predicted octanol–water partition coefficient (Wildman–Crippen LogP) is 2.83. The lowest BCUT2D eigenvalue weighted by atomic mass is 9.86. The Morgan fingerprint density at radius 2 is 2.05 bits per heavy atom. The SMILES string of the molecule is NCC1CCCCC1OCC1OCCc2ccccc21. The number of fused-ring (bicyclic) bond motifs is 1. The quantitative estimate of drug-likeness (QED) is 0.919. The maximum Gasteiger partial charge on any atom is 0.106 e. The third kappa shape index (κ3) is 3.05. The third-order valence-electron chi connectivity index (χ3n) is 4.70. The van der Waals surface area contributed by atoms with Crippen molar-refractivity contribution in [1.82, 2.24) is 0 Å². The molecule has 3 unspecified atom stereocenters. The second-order valence-electron chi connectivity index (χ2n) is 5.96. The maximum absolute atomic E-state index is 6.18. The van der Waals surface area contributed by atoms with Gasteiger partial charge in [0.2, 0.25) is 0 Å². The standard InChI is InChI=1S/C17H25NO2/c18-11-14-6-2-4-8-16(14)20-12-17-15-7-3-1-5-13(15)9-10-19-17/h1,3,5,7,14,16-17H,2,4,6,8-12,18H2. The fraction of sp³-hybridized carbons (Fsp3) is 0.647. The third-order valence-corrected chi connectivity index (χ3v) is 4.70. The molecule has 1 aromatic carbocycles. The van der Waals surface area contributed by atoms with Crippen LogP contribution in [0.5, 0.6) is 0 Å². The summed E-state index contributed by atoms with van der Waals surface area (Å²) in [5.74, 6) is 0.530. The first-order valence-electron chi connectivity index (χ1n) is 7.89. The van der Waals surface area contributed by atoms with Crippen molar-refractivity contribution < 1.29 is 9.47 Å². The molecule has 110 valence electrons. The maximum atomic E-state index is 6.18. The molecule has 3 nitrogen and oxygen atoms in total. The van der Waals surface area contributed by atoms with Gasteiger partial charge in [-0.1, -0.05) is 37.1 Å². The highest BCUT2D eigenvalue weighted by Crippen LogP contribution is 2.30. The molecular weight excluding hydrogens is 250 g/mol. The molecule has 1 fully saturated rings. The summed E-state index contributed by atoms with van der Waals surface area (Å²) in [6, 6.07) is 8.56. The molecule has 1 aromatic rings. The van der Waals surface area contributed by atoms with Crippen molar-refractivity contribution in [3.8, 4) is 0 Å². The first-order chi connectivity index (χ1) is 9.88. The molecule has 0 amide bonds. The van der Waals surface area contributed by atoms with E-state index in [2.05, 4.69) is 24.3 Å². The van der Waals surface area contributed by atoms with Gasteiger partial charge in [-0.3, -0.25) is 0 Å². The highest BCUT2D eigenvalue weighted by atomic mass is 16.5. The van der Waals surface area contributed by atoms with Gasteiger partial charge in [0, 0.05) is 0 Å². The van der Waals surface area contributed by atoms with E-state index in [4.69, 9.17) is 15.2 Å². The van der Waals surface area contributed by atoms with Crippen molar-refractivity contribution in [2.24, 2.45) is 11.7 Å². The molecule has 3 rings (SSSR count). The second kappa shape index (κ2) is 6.70. The zero-order valence-corrected chi connectivity index (χ0v) is 12.1. The molecule has 3 heteroatoms. The Labute approximate surface area is 121 Å². The predicted molar refractivity (Wildman–Crippen MR) is 79.6 cm³/mol. The number of benzene rings is 1. The highest BCUT2D eigenvalue weighted by Gasteiger charge is 2.27. The van der Waals surface area contributed by atoms with Gasteiger partial charge in [-0.15, -0.1) is 0 Å². The van der Waals surface area contributed by atoms with Crippen LogP contribution in [0.4, 0.5) is 0 Å². The minimum absolute atomic E-state index is 0.0975. The Bertz CT molecular complexity index is 435. The summed E-state index contributed by atoms with van der Waals surface area (Å²) in [5.41, 5.74) is 8.58. The number of nitrogens with two attached hydrogens (primary N) is 1. The average molecular weight is 275 g/mol. The number of rotatable bonds is 4. The van der Waals surface area contributed by atoms with Crippen molar-refractivity contribution in [2.45, 2.75) is 44.3 Å². The Hall–Kier alpha value is -0.900. The lowest BCUT2D eigenvalue weighted by molar-refractivity contribution is -0.0755. The molecule has 0 radical (unpaired) electrons. The van der Waals surface area contributed by atoms with Crippen LogP contribution in [0.1, 0.15) is 42.9 Å². The fourth-order valence-electron chi connectivity index (χ4n) is 3.49. The summed E-state index contributed by atoms with van der Waals surface area (Å²) in [6.45, 7) is 2.21. The van der Waals surface area contributed by atoms with Gasteiger partial charge in [0.05, 0.1) is 19.3 Å². The van der Waals surface area contributed by atoms with Crippen LogP contribution in [-0.2, 0) is 15.9 Å². The molecule has 20 heavy (non-hydrogen) atoms. The van der Waals surface area contributed by atoms with Crippen molar-refractivity contribution >= 4 is 0 Å². The molecule has 2 N–H and O–H groups in total. The molecule has 1 aliphatic heterocycles. The first kappa shape index (κ1) is 14.1. The van der Waals surface area contributed by atoms with Crippen LogP contribution in [0.3, 0.4) is 0 Å². The summed E-state index contributed by atoms with van der Waals surface area (Å²) in [5, 5.41) is 0. The van der Waals surface area contributed by atoms with E-state index >= 15 is 0 Å². The fourth-order valence-corrected chi connectivity index (χ4v) is 3.49. The molecule has 1 saturated carbocycles. The van der Waals surface area contributed by atoms with Crippen molar-refractivity contribution in [2.75, 3.05) is 19.8 Å². The smallest absolute Gasteiger partial charge is 0.106 e. The van der Waals surface area contributed by atoms with E-state index in [1.807, 2.05) is 0 Å². The lowest BCUT2D eigenvalue weighted by Gasteiger charge is -2.33. The summed E-state index contributed by atoms with van der Waals surface area (Å²) >= 11 is 0. The normalized spacial score (nSPS) is 29.9. The van der Waals surface area contributed by atoms with Gasteiger partial charge >= 0.3 is 0 Å². The summed E-state index contributed by atoms with van der Waals surface area (Å²) in [7, 11) is 0.